The summed E-state index contributed by atoms with van der Waals surface area (Å²) in [6.07, 6.45) is 0. The van der Waals surface area contributed by atoms with Crippen LogP contribution in [0.1, 0.15) is 36.7 Å². The maximum absolute atomic E-state index is 14.1. The molecule has 0 saturated heterocycles. The molecule has 0 spiro atoms. The van der Waals surface area contributed by atoms with E-state index in [0.29, 0.717) is 22.0 Å². The number of aryl methyl sites for hydroxylation is 1. The molecule has 1 atom stereocenters. The number of carbonyl (C=O) groups excluding carboxylic acids is 3. The van der Waals surface area contributed by atoms with Crippen LogP contribution in [0.4, 0.5) is 17.1 Å². The predicted octanol–water partition coefficient (Wildman–Crippen LogP) is 4.53. The summed E-state index contributed by atoms with van der Waals surface area (Å²) in [5.41, 5.74) is 1.36. The molecule has 0 aliphatic carbocycles. The summed E-state index contributed by atoms with van der Waals surface area (Å²) in [6.45, 7) is 9.06. The molecule has 0 bridgehead atoms. The third-order valence-electron chi connectivity index (χ3n) is 6.43. The van der Waals surface area contributed by atoms with Crippen molar-refractivity contribution in [2.75, 3.05) is 28.3 Å². The Morgan fingerprint density at radius 3 is 2.26 bits per heavy atom. The lowest BCUT2D eigenvalue weighted by molar-refractivity contribution is -0.127. The van der Waals surface area contributed by atoms with Crippen LogP contribution in [0, 0.1) is 6.92 Å². The molecule has 3 amide bonds. The first-order chi connectivity index (χ1) is 18.7. The maximum Gasteiger partial charge on any atom is 0.302 e. The molecule has 39 heavy (non-hydrogen) atoms. The van der Waals surface area contributed by atoms with E-state index in [1.165, 1.54) is 6.92 Å². The molecule has 1 unspecified atom stereocenters. The highest BCUT2D eigenvalue weighted by atomic mass is 35.5. The van der Waals surface area contributed by atoms with Gasteiger partial charge < -0.3 is 20.9 Å². The molecule has 1 aliphatic rings. The number of rotatable bonds is 8. The van der Waals surface area contributed by atoms with Gasteiger partial charge in [0.05, 0.1) is 5.69 Å². The van der Waals surface area contributed by atoms with Crippen LogP contribution in [0.3, 0.4) is 0 Å². The fourth-order valence-electron chi connectivity index (χ4n) is 4.42. The maximum atomic E-state index is 14.1. The first-order valence-corrected chi connectivity index (χ1v) is 13.0. The summed E-state index contributed by atoms with van der Waals surface area (Å²) in [4.78, 5) is 42.0. The number of hydrogen-bond donors (Lipinski definition) is 3. The fraction of sp³-hybridized carbons (Fsp3) is 0.241. The smallest absolute Gasteiger partial charge is 0.302 e. The van der Waals surface area contributed by atoms with E-state index in [-0.39, 0.29) is 5.84 Å². The van der Waals surface area contributed by atoms with Crippen molar-refractivity contribution in [2.45, 2.75) is 33.4 Å². The van der Waals surface area contributed by atoms with Crippen molar-refractivity contribution in [2.24, 2.45) is 5.10 Å². The van der Waals surface area contributed by atoms with Crippen molar-refractivity contribution in [3.8, 4) is 0 Å². The van der Waals surface area contributed by atoms with Crippen LogP contribution < -0.4 is 25.9 Å². The number of amidine groups is 1. The molecule has 3 N–H and O–H groups in total. The van der Waals surface area contributed by atoms with Gasteiger partial charge in [0.25, 0.3) is 11.6 Å². The normalized spacial score (nSPS) is 16.5. The highest BCUT2D eigenvalue weighted by molar-refractivity contribution is 6.31. The fourth-order valence-corrected chi connectivity index (χ4v) is 4.55. The third kappa shape index (κ3) is 5.73. The number of amides is 3. The average molecular weight is 547 g/mol. The van der Waals surface area contributed by atoms with Gasteiger partial charge in [-0.3, -0.25) is 14.4 Å². The van der Waals surface area contributed by atoms with E-state index in [9.17, 15) is 14.4 Å². The number of hydrogen-bond acceptors (Lipinski definition) is 6. The van der Waals surface area contributed by atoms with E-state index < -0.39 is 23.4 Å². The molecule has 3 aromatic rings. The Labute approximate surface area is 232 Å². The summed E-state index contributed by atoms with van der Waals surface area (Å²) in [6, 6.07) is 20.9. The predicted molar refractivity (Wildman–Crippen MR) is 155 cm³/mol. The summed E-state index contributed by atoms with van der Waals surface area (Å²) in [5.74, 6) is -1.65. The molecule has 10 heteroatoms. The van der Waals surface area contributed by atoms with E-state index in [1.54, 1.807) is 54.6 Å². The van der Waals surface area contributed by atoms with Crippen LogP contribution in [0.25, 0.3) is 0 Å². The number of halogens is 1. The molecule has 3 aromatic carbocycles. The van der Waals surface area contributed by atoms with Crippen molar-refractivity contribution in [3.05, 3.63) is 88.9 Å². The summed E-state index contributed by atoms with van der Waals surface area (Å²) < 4.78 is 0. The van der Waals surface area contributed by atoms with Crippen molar-refractivity contribution in [1.82, 2.24) is 10.6 Å². The number of nitrogens with zero attached hydrogens (tertiary/aromatic N) is 3. The van der Waals surface area contributed by atoms with Crippen LogP contribution >= 0.6 is 11.6 Å². The van der Waals surface area contributed by atoms with Gasteiger partial charge in [0, 0.05) is 42.0 Å². The Balaban J connectivity index is 1.80. The first kappa shape index (κ1) is 27.7. The summed E-state index contributed by atoms with van der Waals surface area (Å²) in [5, 5.41) is 14.8. The number of benzene rings is 3. The summed E-state index contributed by atoms with van der Waals surface area (Å²) >= 11 is 6.06. The minimum Gasteiger partial charge on any atom is -0.372 e. The second kappa shape index (κ2) is 11.6. The van der Waals surface area contributed by atoms with E-state index in [1.807, 2.05) is 25.1 Å². The molecule has 4 rings (SSSR count). The zero-order valence-corrected chi connectivity index (χ0v) is 23.0. The number of carbonyl (C=O) groups is 3. The van der Waals surface area contributed by atoms with E-state index in [4.69, 9.17) is 11.6 Å². The minimum atomic E-state index is -1.89. The molecule has 9 nitrogen and oxygen atoms in total. The molecular formula is C29H31ClN6O3. The van der Waals surface area contributed by atoms with E-state index in [2.05, 4.69) is 39.8 Å². The van der Waals surface area contributed by atoms with Crippen molar-refractivity contribution >= 4 is 52.2 Å². The van der Waals surface area contributed by atoms with Gasteiger partial charge in [-0.05, 0) is 80.9 Å². The minimum absolute atomic E-state index is 0.0706. The molecule has 0 aromatic heterocycles. The first-order valence-electron chi connectivity index (χ1n) is 12.7. The molecule has 202 valence electrons. The SMILES string of the molecule is CCN(CC)c1ccc(NC2(NC(C)=O)C(=O)N(c3ccc(Cl)cc3)N=C2NC(=O)c2ccccc2)c(C)c1. The molecule has 1 heterocycles. The molecular weight excluding hydrogens is 516 g/mol. The second-order valence-electron chi connectivity index (χ2n) is 9.09. The van der Waals surface area contributed by atoms with Crippen LogP contribution in [-0.4, -0.2) is 42.3 Å². The van der Waals surface area contributed by atoms with Gasteiger partial charge in [-0.2, -0.15) is 5.01 Å². The Morgan fingerprint density at radius 2 is 1.67 bits per heavy atom. The Hall–Kier alpha value is -4.37. The van der Waals surface area contributed by atoms with Crippen molar-refractivity contribution < 1.29 is 14.4 Å². The largest absolute Gasteiger partial charge is 0.372 e. The van der Waals surface area contributed by atoms with Crippen molar-refractivity contribution in [1.29, 1.82) is 0 Å². The number of nitrogens with one attached hydrogen (secondary N) is 3. The third-order valence-corrected chi connectivity index (χ3v) is 6.68. The standard InChI is InChI=1S/C29H31ClN6O3/c1-5-35(6-2)24-16-17-25(19(3)18-24)33-29(32-20(4)37)27(31-26(38)21-10-8-7-9-11-21)34-36(28(29)39)23-14-12-22(30)13-15-23/h7-18,33H,5-6H2,1-4H3,(H,32,37)(H,31,34,38). The number of anilines is 3. The second-order valence-corrected chi connectivity index (χ2v) is 9.53. The van der Waals surface area contributed by atoms with Gasteiger partial charge in [-0.1, -0.05) is 29.8 Å². The number of hydrazone groups is 1. The monoisotopic (exact) mass is 546 g/mol. The zero-order chi connectivity index (χ0) is 28.2. The average Bonchev–Trinajstić information content (AvgIpc) is 3.17. The van der Waals surface area contributed by atoms with E-state index >= 15 is 0 Å². The Kier molecular flexibility index (Phi) is 8.21. The van der Waals surface area contributed by atoms with Gasteiger partial charge in [-0.25, -0.2) is 0 Å². The van der Waals surface area contributed by atoms with Crippen LogP contribution in [0.2, 0.25) is 5.02 Å². The van der Waals surface area contributed by atoms with Gasteiger partial charge in [-0.15, -0.1) is 5.10 Å². The zero-order valence-electron chi connectivity index (χ0n) is 22.3. The van der Waals surface area contributed by atoms with Gasteiger partial charge >= 0.3 is 5.91 Å². The van der Waals surface area contributed by atoms with Gasteiger partial charge in [0.15, 0.2) is 5.84 Å². The molecule has 0 saturated carbocycles. The lowest BCUT2D eigenvalue weighted by Gasteiger charge is -2.32. The highest BCUT2D eigenvalue weighted by Gasteiger charge is 2.54. The molecule has 1 aliphatic heterocycles. The van der Waals surface area contributed by atoms with Crippen LogP contribution in [-0.2, 0) is 9.59 Å². The van der Waals surface area contributed by atoms with Crippen LogP contribution in [0.5, 0.6) is 0 Å². The molecule has 0 fully saturated rings. The summed E-state index contributed by atoms with van der Waals surface area (Å²) in [7, 11) is 0. The van der Waals surface area contributed by atoms with E-state index in [0.717, 1.165) is 29.3 Å². The Bertz CT molecular complexity index is 1410. The highest BCUT2D eigenvalue weighted by Crippen LogP contribution is 2.31. The lowest BCUT2D eigenvalue weighted by Crippen LogP contribution is -2.67. The quantitative estimate of drug-likeness (QED) is 0.360. The Morgan fingerprint density at radius 1 is 1.00 bits per heavy atom. The van der Waals surface area contributed by atoms with Crippen molar-refractivity contribution in [3.63, 3.8) is 0 Å². The topological polar surface area (TPSA) is 106 Å². The van der Waals surface area contributed by atoms with Gasteiger partial charge in [0.2, 0.25) is 5.91 Å². The molecule has 0 radical (unpaired) electrons. The lowest BCUT2D eigenvalue weighted by atomic mass is 10.0. The van der Waals surface area contributed by atoms with Crippen LogP contribution in [0.15, 0.2) is 77.9 Å². The van der Waals surface area contributed by atoms with Gasteiger partial charge in [0.1, 0.15) is 0 Å².